The molecule has 0 rings (SSSR count). The van der Waals surface area contributed by atoms with Crippen LogP contribution in [0.1, 0.15) is 33.1 Å². The summed E-state index contributed by atoms with van der Waals surface area (Å²) in [5.74, 6) is 2.62. The van der Waals surface area contributed by atoms with E-state index in [1.165, 1.54) is 5.70 Å². The lowest BCUT2D eigenvalue weighted by Gasteiger charge is -2.06. The second kappa shape index (κ2) is 7.21. The van der Waals surface area contributed by atoms with Gasteiger partial charge in [-0.05, 0) is 19.8 Å². The van der Waals surface area contributed by atoms with E-state index in [0.29, 0.717) is 0 Å². The number of unbranched alkanes of at least 4 members (excludes halogenated alkanes) is 1. The fourth-order valence-corrected chi connectivity index (χ4v) is 0.871. The van der Waals surface area contributed by atoms with Gasteiger partial charge in [-0.15, -0.1) is 12.3 Å². The summed E-state index contributed by atoms with van der Waals surface area (Å²) in [5, 5.41) is 3.32. The van der Waals surface area contributed by atoms with Crippen LogP contribution in [-0.2, 0) is 0 Å². The molecule has 0 radical (unpaired) electrons. The van der Waals surface area contributed by atoms with Gasteiger partial charge in [-0.1, -0.05) is 13.0 Å². The zero-order chi connectivity index (χ0) is 8.53. The van der Waals surface area contributed by atoms with Gasteiger partial charge in [-0.2, -0.15) is 0 Å². The van der Waals surface area contributed by atoms with Crippen molar-refractivity contribution in [3.63, 3.8) is 0 Å². The molecule has 11 heavy (non-hydrogen) atoms. The lowest BCUT2D eigenvalue weighted by Crippen LogP contribution is -2.13. The van der Waals surface area contributed by atoms with Crippen LogP contribution in [0.5, 0.6) is 0 Å². The van der Waals surface area contributed by atoms with Gasteiger partial charge in [0.25, 0.3) is 0 Å². The third-order valence-corrected chi connectivity index (χ3v) is 1.58. The lowest BCUT2D eigenvalue weighted by molar-refractivity contribution is 0.718. The van der Waals surface area contributed by atoms with Gasteiger partial charge in [0, 0.05) is 18.7 Å². The molecule has 0 aromatic heterocycles. The number of hydrogen-bond donors (Lipinski definition) is 1. The van der Waals surface area contributed by atoms with Crippen LogP contribution in [0.3, 0.4) is 0 Å². The Kier molecular flexibility index (Phi) is 6.62. The van der Waals surface area contributed by atoms with Gasteiger partial charge in [0.2, 0.25) is 0 Å². The Hall–Kier alpha value is -0.900. The van der Waals surface area contributed by atoms with Gasteiger partial charge in [-0.3, -0.25) is 0 Å². The zero-order valence-corrected chi connectivity index (χ0v) is 7.48. The molecule has 0 atom stereocenters. The van der Waals surface area contributed by atoms with E-state index in [-0.39, 0.29) is 0 Å². The normalized spacial score (nSPS) is 10.8. The second-order valence-electron chi connectivity index (χ2n) is 2.40. The topological polar surface area (TPSA) is 12.0 Å². The minimum absolute atomic E-state index is 0.869. The van der Waals surface area contributed by atoms with Crippen molar-refractivity contribution in [2.45, 2.75) is 33.1 Å². The van der Waals surface area contributed by atoms with Gasteiger partial charge in [0.1, 0.15) is 0 Å². The van der Waals surface area contributed by atoms with Crippen LogP contribution < -0.4 is 5.32 Å². The predicted octanol–water partition coefficient (Wildman–Crippen LogP) is 2.30. The Bertz CT molecular complexity index is 151. The van der Waals surface area contributed by atoms with Crippen molar-refractivity contribution in [1.82, 2.24) is 5.32 Å². The van der Waals surface area contributed by atoms with E-state index >= 15 is 0 Å². The minimum atomic E-state index is 0.869. The third-order valence-electron chi connectivity index (χ3n) is 1.58. The van der Waals surface area contributed by atoms with E-state index in [9.17, 15) is 0 Å². The lowest BCUT2D eigenvalue weighted by atomic mass is 10.3. The molecule has 0 saturated heterocycles. The molecule has 0 aliphatic rings. The van der Waals surface area contributed by atoms with Crippen LogP contribution in [0.15, 0.2) is 11.8 Å². The third kappa shape index (κ3) is 5.54. The Morgan fingerprint density at radius 3 is 2.82 bits per heavy atom. The highest BCUT2D eigenvalue weighted by Gasteiger charge is 1.88. The maximum Gasteiger partial charge on any atom is 0.0152 e. The molecule has 0 unspecified atom stereocenters. The van der Waals surface area contributed by atoms with E-state index in [4.69, 9.17) is 6.42 Å². The molecule has 1 nitrogen and oxygen atoms in total. The van der Waals surface area contributed by atoms with Crippen molar-refractivity contribution in [2.24, 2.45) is 0 Å². The van der Waals surface area contributed by atoms with Crippen LogP contribution >= 0.6 is 0 Å². The maximum atomic E-state index is 5.12. The highest BCUT2D eigenvalue weighted by molar-refractivity contribution is 4.96. The summed E-state index contributed by atoms with van der Waals surface area (Å²) >= 11 is 0. The van der Waals surface area contributed by atoms with E-state index in [1.807, 2.05) is 6.92 Å². The molecule has 0 heterocycles. The fraction of sp³-hybridized carbons (Fsp3) is 0.600. The van der Waals surface area contributed by atoms with Gasteiger partial charge in [0.05, 0.1) is 0 Å². The Morgan fingerprint density at radius 2 is 2.36 bits per heavy atom. The Balaban J connectivity index is 3.31. The molecule has 0 aromatic carbocycles. The second-order valence-corrected chi connectivity index (χ2v) is 2.40. The van der Waals surface area contributed by atoms with Crippen molar-refractivity contribution < 1.29 is 0 Å². The standard InChI is InChI=1S/C10H17N/c1-4-7-8-9-11-10(5-2)6-3/h1,5,11H,6-9H2,2-3H3/b10-5+. The highest BCUT2D eigenvalue weighted by atomic mass is 14.9. The summed E-state index contributed by atoms with van der Waals surface area (Å²) in [7, 11) is 0. The van der Waals surface area contributed by atoms with Crippen LogP contribution in [-0.4, -0.2) is 6.54 Å². The predicted molar refractivity (Wildman–Crippen MR) is 50.1 cm³/mol. The monoisotopic (exact) mass is 151 g/mol. The first-order chi connectivity index (χ1) is 5.35. The van der Waals surface area contributed by atoms with Crippen molar-refractivity contribution in [3.8, 4) is 12.3 Å². The van der Waals surface area contributed by atoms with Crippen LogP contribution in [0.2, 0.25) is 0 Å². The van der Waals surface area contributed by atoms with E-state index in [0.717, 1.165) is 25.8 Å². The number of terminal acetylenes is 1. The summed E-state index contributed by atoms with van der Waals surface area (Å²) in [6.45, 7) is 5.19. The summed E-state index contributed by atoms with van der Waals surface area (Å²) in [4.78, 5) is 0. The van der Waals surface area contributed by atoms with Crippen molar-refractivity contribution >= 4 is 0 Å². The molecular formula is C10H17N. The van der Waals surface area contributed by atoms with Gasteiger partial charge < -0.3 is 5.32 Å². The van der Waals surface area contributed by atoms with Crippen molar-refractivity contribution in [1.29, 1.82) is 0 Å². The first kappa shape index (κ1) is 10.1. The van der Waals surface area contributed by atoms with Crippen LogP contribution in [0, 0.1) is 12.3 Å². The quantitative estimate of drug-likeness (QED) is 0.469. The molecule has 1 heteroatoms. The number of allylic oxidation sites excluding steroid dienone is 2. The zero-order valence-electron chi connectivity index (χ0n) is 7.48. The van der Waals surface area contributed by atoms with Crippen molar-refractivity contribution in [3.05, 3.63) is 11.8 Å². The van der Waals surface area contributed by atoms with Gasteiger partial charge in [-0.25, -0.2) is 0 Å². The largest absolute Gasteiger partial charge is 0.389 e. The van der Waals surface area contributed by atoms with Gasteiger partial charge in [0.15, 0.2) is 0 Å². The summed E-state index contributed by atoms with van der Waals surface area (Å²) < 4.78 is 0. The first-order valence-corrected chi connectivity index (χ1v) is 4.17. The smallest absolute Gasteiger partial charge is 0.0152 e. The average molecular weight is 151 g/mol. The van der Waals surface area contributed by atoms with Crippen LogP contribution in [0.25, 0.3) is 0 Å². The van der Waals surface area contributed by atoms with E-state index < -0.39 is 0 Å². The van der Waals surface area contributed by atoms with Crippen LogP contribution in [0.4, 0.5) is 0 Å². The molecule has 0 amide bonds. The summed E-state index contributed by atoms with van der Waals surface area (Å²) in [5.41, 5.74) is 1.31. The Morgan fingerprint density at radius 1 is 1.64 bits per heavy atom. The SMILES string of the molecule is C#CCCCN/C(=C/C)CC. The number of nitrogens with one attached hydrogen (secondary N) is 1. The molecule has 62 valence electrons. The molecule has 0 aliphatic heterocycles. The number of hydrogen-bond acceptors (Lipinski definition) is 1. The average Bonchev–Trinajstić information content (AvgIpc) is 2.05. The molecule has 0 saturated carbocycles. The summed E-state index contributed by atoms with van der Waals surface area (Å²) in [6.07, 6.45) is 10.2. The molecule has 0 fully saturated rings. The number of rotatable bonds is 5. The molecule has 0 spiro atoms. The van der Waals surface area contributed by atoms with E-state index in [1.54, 1.807) is 0 Å². The molecular weight excluding hydrogens is 134 g/mol. The first-order valence-electron chi connectivity index (χ1n) is 4.17. The van der Waals surface area contributed by atoms with E-state index in [2.05, 4.69) is 24.2 Å². The minimum Gasteiger partial charge on any atom is -0.389 e. The molecule has 0 aromatic rings. The highest BCUT2D eigenvalue weighted by Crippen LogP contribution is 1.95. The molecule has 0 bridgehead atoms. The summed E-state index contributed by atoms with van der Waals surface area (Å²) in [6, 6.07) is 0. The molecule has 1 N–H and O–H groups in total. The van der Waals surface area contributed by atoms with Crippen molar-refractivity contribution in [2.75, 3.05) is 6.54 Å². The van der Waals surface area contributed by atoms with Gasteiger partial charge >= 0.3 is 0 Å². The maximum absolute atomic E-state index is 5.12. The Labute approximate surface area is 69.9 Å². The fourth-order valence-electron chi connectivity index (χ4n) is 0.871. The molecule has 0 aliphatic carbocycles.